The predicted molar refractivity (Wildman–Crippen MR) is 84.3 cm³/mol. The van der Waals surface area contributed by atoms with E-state index in [9.17, 15) is 0 Å². The van der Waals surface area contributed by atoms with Gasteiger partial charge in [-0.25, -0.2) is 9.97 Å². The molecule has 0 fully saturated rings. The minimum absolute atomic E-state index is 0.572. The van der Waals surface area contributed by atoms with E-state index in [4.69, 9.17) is 9.15 Å². The highest BCUT2D eigenvalue weighted by Gasteiger charge is 2.02. The molecule has 0 aliphatic rings. The summed E-state index contributed by atoms with van der Waals surface area (Å²) in [6, 6.07) is 13.2. The molecule has 0 aliphatic carbocycles. The Kier molecular flexibility index (Phi) is 4.20. The number of methoxy groups -OCH3 is 1. The number of nitrogens with zero attached hydrogens (tertiary/aromatic N) is 2. The SMILES string of the molecule is COc1cccc(Nc2cc(NCc3ccco3)ncn2)c1. The highest BCUT2D eigenvalue weighted by atomic mass is 16.5. The lowest BCUT2D eigenvalue weighted by Crippen LogP contribution is -2.02. The monoisotopic (exact) mass is 296 g/mol. The Labute approximate surface area is 128 Å². The Morgan fingerprint density at radius 2 is 2.00 bits per heavy atom. The van der Waals surface area contributed by atoms with Crippen LogP contribution >= 0.6 is 0 Å². The lowest BCUT2D eigenvalue weighted by molar-refractivity contribution is 0.415. The highest BCUT2D eigenvalue weighted by Crippen LogP contribution is 2.21. The van der Waals surface area contributed by atoms with Gasteiger partial charge in [0.25, 0.3) is 0 Å². The molecular weight excluding hydrogens is 280 g/mol. The lowest BCUT2D eigenvalue weighted by atomic mass is 10.3. The number of benzene rings is 1. The van der Waals surface area contributed by atoms with Crippen molar-refractivity contribution in [2.45, 2.75) is 6.54 Å². The molecule has 1 aromatic carbocycles. The first-order valence-electron chi connectivity index (χ1n) is 6.83. The molecule has 0 radical (unpaired) electrons. The van der Waals surface area contributed by atoms with Crippen molar-refractivity contribution in [2.75, 3.05) is 17.7 Å². The first kappa shape index (κ1) is 13.9. The third kappa shape index (κ3) is 3.54. The molecule has 112 valence electrons. The van der Waals surface area contributed by atoms with E-state index in [-0.39, 0.29) is 0 Å². The van der Waals surface area contributed by atoms with Gasteiger partial charge >= 0.3 is 0 Å². The van der Waals surface area contributed by atoms with Crippen molar-refractivity contribution in [3.63, 3.8) is 0 Å². The molecule has 0 atom stereocenters. The van der Waals surface area contributed by atoms with Crippen molar-refractivity contribution in [2.24, 2.45) is 0 Å². The van der Waals surface area contributed by atoms with E-state index in [0.717, 1.165) is 23.0 Å². The van der Waals surface area contributed by atoms with Crippen LogP contribution in [0.5, 0.6) is 5.75 Å². The van der Waals surface area contributed by atoms with Crippen molar-refractivity contribution in [1.29, 1.82) is 0 Å². The van der Waals surface area contributed by atoms with E-state index in [0.29, 0.717) is 12.4 Å². The molecule has 6 nitrogen and oxygen atoms in total. The average molecular weight is 296 g/mol. The van der Waals surface area contributed by atoms with E-state index in [1.54, 1.807) is 13.4 Å². The fourth-order valence-corrected chi connectivity index (χ4v) is 1.96. The Bertz CT molecular complexity index is 729. The van der Waals surface area contributed by atoms with Gasteiger partial charge in [-0.1, -0.05) is 6.07 Å². The second-order valence-electron chi connectivity index (χ2n) is 4.58. The zero-order valence-electron chi connectivity index (χ0n) is 12.1. The van der Waals surface area contributed by atoms with Crippen LogP contribution in [0.3, 0.4) is 0 Å². The molecular formula is C16H16N4O2. The van der Waals surface area contributed by atoms with E-state index in [2.05, 4.69) is 20.6 Å². The molecule has 6 heteroatoms. The van der Waals surface area contributed by atoms with Crippen LogP contribution in [0.1, 0.15) is 5.76 Å². The number of rotatable bonds is 6. The van der Waals surface area contributed by atoms with Gasteiger partial charge in [-0.3, -0.25) is 0 Å². The lowest BCUT2D eigenvalue weighted by Gasteiger charge is -2.09. The summed E-state index contributed by atoms with van der Waals surface area (Å²) in [6.07, 6.45) is 3.15. The molecule has 0 saturated heterocycles. The normalized spacial score (nSPS) is 10.2. The van der Waals surface area contributed by atoms with Gasteiger partial charge in [0, 0.05) is 17.8 Å². The van der Waals surface area contributed by atoms with Crippen molar-refractivity contribution in [3.05, 3.63) is 60.8 Å². The number of hydrogen-bond donors (Lipinski definition) is 2. The predicted octanol–water partition coefficient (Wildman–Crippen LogP) is 3.43. The molecule has 0 bridgehead atoms. The molecule has 2 N–H and O–H groups in total. The molecule has 3 aromatic rings. The van der Waals surface area contributed by atoms with Crippen LogP contribution in [-0.2, 0) is 6.54 Å². The maximum absolute atomic E-state index is 5.27. The van der Waals surface area contributed by atoms with Crippen LogP contribution in [0.15, 0.2) is 59.5 Å². The van der Waals surface area contributed by atoms with Gasteiger partial charge in [0.1, 0.15) is 29.5 Å². The molecule has 3 rings (SSSR count). The summed E-state index contributed by atoms with van der Waals surface area (Å²) in [7, 11) is 1.64. The average Bonchev–Trinajstić information content (AvgIpc) is 3.07. The fourth-order valence-electron chi connectivity index (χ4n) is 1.96. The third-order valence-corrected chi connectivity index (χ3v) is 3.03. The van der Waals surface area contributed by atoms with E-state index >= 15 is 0 Å². The van der Waals surface area contributed by atoms with Gasteiger partial charge in [0.05, 0.1) is 19.9 Å². The van der Waals surface area contributed by atoms with Gasteiger partial charge < -0.3 is 19.8 Å². The smallest absolute Gasteiger partial charge is 0.135 e. The van der Waals surface area contributed by atoms with Crippen molar-refractivity contribution in [1.82, 2.24) is 9.97 Å². The minimum Gasteiger partial charge on any atom is -0.497 e. The van der Waals surface area contributed by atoms with Crippen LogP contribution in [0.4, 0.5) is 17.3 Å². The van der Waals surface area contributed by atoms with Gasteiger partial charge in [0.15, 0.2) is 0 Å². The Morgan fingerprint density at radius 1 is 1.09 bits per heavy atom. The number of ether oxygens (including phenoxy) is 1. The van der Waals surface area contributed by atoms with Crippen molar-refractivity contribution >= 4 is 17.3 Å². The van der Waals surface area contributed by atoms with E-state index < -0.39 is 0 Å². The summed E-state index contributed by atoms with van der Waals surface area (Å²) in [4.78, 5) is 8.39. The highest BCUT2D eigenvalue weighted by molar-refractivity contribution is 5.60. The molecule has 0 saturated carbocycles. The number of anilines is 3. The second-order valence-corrected chi connectivity index (χ2v) is 4.58. The summed E-state index contributed by atoms with van der Waals surface area (Å²) < 4.78 is 10.5. The van der Waals surface area contributed by atoms with Crippen LogP contribution in [0, 0.1) is 0 Å². The first-order chi connectivity index (χ1) is 10.8. The largest absolute Gasteiger partial charge is 0.497 e. The van der Waals surface area contributed by atoms with Gasteiger partial charge in [-0.15, -0.1) is 0 Å². The first-order valence-corrected chi connectivity index (χ1v) is 6.83. The van der Waals surface area contributed by atoms with Gasteiger partial charge in [-0.05, 0) is 24.3 Å². The molecule has 0 unspecified atom stereocenters. The zero-order valence-corrected chi connectivity index (χ0v) is 12.1. The van der Waals surface area contributed by atoms with Gasteiger partial charge in [0.2, 0.25) is 0 Å². The number of aromatic nitrogens is 2. The molecule has 0 aliphatic heterocycles. The van der Waals surface area contributed by atoms with Crippen LogP contribution in [0.25, 0.3) is 0 Å². The Morgan fingerprint density at radius 3 is 2.82 bits per heavy atom. The number of furan rings is 1. The van der Waals surface area contributed by atoms with Crippen molar-refractivity contribution < 1.29 is 9.15 Å². The van der Waals surface area contributed by atoms with Crippen molar-refractivity contribution in [3.8, 4) is 5.75 Å². The molecule has 2 heterocycles. The number of hydrogen-bond acceptors (Lipinski definition) is 6. The molecule has 0 amide bonds. The van der Waals surface area contributed by atoms with Crippen LogP contribution in [-0.4, -0.2) is 17.1 Å². The maximum Gasteiger partial charge on any atom is 0.135 e. The van der Waals surface area contributed by atoms with E-state index in [1.165, 1.54) is 6.33 Å². The maximum atomic E-state index is 5.27. The summed E-state index contributed by atoms with van der Waals surface area (Å²) in [5.74, 6) is 3.05. The summed E-state index contributed by atoms with van der Waals surface area (Å²) >= 11 is 0. The standard InChI is InChI=1S/C16H16N4O2/c1-21-13-5-2-4-12(8-13)20-16-9-15(18-11-19-16)17-10-14-6-3-7-22-14/h2-9,11H,10H2,1H3,(H2,17,18,19,20). The minimum atomic E-state index is 0.572. The van der Waals surface area contributed by atoms with E-state index in [1.807, 2.05) is 42.5 Å². The Hall–Kier alpha value is -3.02. The summed E-state index contributed by atoms with van der Waals surface area (Å²) in [5, 5.41) is 6.40. The summed E-state index contributed by atoms with van der Waals surface area (Å²) in [6.45, 7) is 0.572. The van der Waals surface area contributed by atoms with Crippen LogP contribution < -0.4 is 15.4 Å². The number of nitrogens with one attached hydrogen (secondary N) is 2. The second kappa shape index (κ2) is 6.62. The quantitative estimate of drug-likeness (QED) is 0.726. The topological polar surface area (TPSA) is 72.2 Å². The molecule has 2 aromatic heterocycles. The van der Waals surface area contributed by atoms with Gasteiger partial charge in [-0.2, -0.15) is 0 Å². The third-order valence-electron chi connectivity index (χ3n) is 3.03. The fraction of sp³-hybridized carbons (Fsp3) is 0.125. The molecule has 22 heavy (non-hydrogen) atoms. The molecule has 0 spiro atoms. The summed E-state index contributed by atoms with van der Waals surface area (Å²) in [5.41, 5.74) is 0.898. The zero-order chi connectivity index (χ0) is 15.2. The Balaban J connectivity index is 1.67. The van der Waals surface area contributed by atoms with Crippen LogP contribution in [0.2, 0.25) is 0 Å².